The zero-order valence-corrected chi connectivity index (χ0v) is 18.4. The highest BCUT2D eigenvalue weighted by atomic mass is 32.2. The number of hydrogen-bond acceptors (Lipinski definition) is 6. The van der Waals surface area contributed by atoms with Crippen molar-refractivity contribution in [2.75, 3.05) is 39.5 Å². The summed E-state index contributed by atoms with van der Waals surface area (Å²) in [4.78, 5) is 11.7. The Labute approximate surface area is 170 Å². The van der Waals surface area contributed by atoms with Gasteiger partial charge in [-0.15, -0.1) is 0 Å². The van der Waals surface area contributed by atoms with E-state index >= 15 is 0 Å². The zero-order chi connectivity index (χ0) is 22.0. The second kappa shape index (κ2) is 9.04. The molecule has 1 aromatic rings. The normalized spacial score (nSPS) is 21.3. The maximum atomic E-state index is 13.9. The molecule has 0 saturated carbocycles. The molecule has 1 aromatic carbocycles. The first kappa shape index (κ1) is 23.7. The summed E-state index contributed by atoms with van der Waals surface area (Å²) >= 11 is 0. The standard InChI is InChI=1S/C17H26FN3O6S2/c1-12-10-21(11-13(2)27-12)28(23,24)8-7-19-17(22)14-5-6-15(18)16(9-14)29(25,26)20(3)4/h5-6,9,12-13H,7-8,10-11H2,1-4H3,(H,19,22). The third-order valence-electron chi connectivity index (χ3n) is 4.38. The molecule has 1 fully saturated rings. The van der Waals surface area contributed by atoms with Crippen LogP contribution in [0.3, 0.4) is 0 Å². The summed E-state index contributed by atoms with van der Waals surface area (Å²) in [5.41, 5.74) is -0.0853. The predicted octanol–water partition coefficient (Wildman–Crippen LogP) is 0.245. The molecule has 0 aliphatic carbocycles. The Kier molecular flexibility index (Phi) is 7.38. The highest BCUT2D eigenvalue weighted by Crippen LogP contribution is 2.19. The number of sulfonamides is 2. The largest absolute Gasteiger partial charge is 0.373 e. The topological polar surface area (TPSA) is 113 Å². The van der Waals surface area contributed by atoms with Gasteiger partial charge in [0.05, 0.1) is 18.0 Å². The second-order valence-corrected chi connectivity index (χ2v) is 11.3. The van der Waals surface area contributed by atoms with Gasteiger partial charge in [0.15, 0.2) is 0 Å². The molecule has 0 aromatic heterocycles. The van der Waals surface area contributed by atoms with Crippen LogP contribution in [0, 0.1) is 5.82 Å². The van der Waals surface area contributed by atoms with Crippen LogP contribution in [0.5, 0.6) is 0 Å². The molecule has 29 heavy (non-hydrogen) atoms. The number of nitrogens with one attached hydrogen (secondary N) is 1. The molecular weight excluding hydrogens is 425 g/mol. The Balaban J connectivity index is 2.04. The van der Waals surface area contributed by atoms with Crippen molar-refractivity contribution in [2.24, 2.45) is 0 Å². The number of nitrogens with zero attached hydrogens (tertiary/aromatic N) is 2. The highest BCUT2D eigenvalue weighted by molar-refractivity contribution is 7.89. The number of morpholine rings is 1. The Hall–Kier alpha value is -1.60. The molecule has 1 saturated heterocycles. The lowest BCUT2D eigenvalue weighted by Crippen LogP contribution is -2.49. The molecule has 9 nitrogen and oxygen atoms in total. The van der Waals surface area contributed by atoms with Crippen molar-refractivity contribution in [2.45, 2.75) is 31.0 Å². The van der Waals surface area contributed by atoms with Gasteiger partial charge in [-0.25, -0.2) is 25.5 Å². The van der Waals surface area contributed by atoms with E-state index in [1.54, 1.807) is 13.8 Å². The van der Waals surface area contributed by atoms with Gasteiger partial charge in [-0.05, 0) is 32.0 Å². The van der Waals surface area contributed by atoms with E-state index < -0.39 is 36.7 Å². The Morgan fingerprint density at radius 3 is 2.34 bits per heavy atom. The molecule has 0 radical (unpaired) electrons. The van der Waals surface area contributed by atoms with Crippen molar-refractivity contribution in [3.63, 3.8) is 0 Å². The number of ether oxygens (including phenoxy) is 1. The molecule has 1 N–H and O–H groups in total. The third-order valence-corrected chi connectivity index (χ3v) is 8.01. The predicted molar refractivity (Wildman–Crippen MR) is 105 cm³/mol. The van der Waals surface area contributed by atoms with E-state index in [1.807, 2.05) is 0 Å². The maximum Gasteiger partial charge on any atom is 0.251 e. The van der Waals surface area contributed by atoms with Crippen LogP contribution in [-0.4, -0.2) is 83.0 Å². The molecule has 1 heterocycles. The van der Waals surface area contributed by atoms with E-state index in [2.05, 4.69) is 5.32 Å². The monoisotopic (exact) mass is 451 g/mol. The van der Waals surface area contributed by atoms with Gasteiger partial charge in [-0.3, -0.25) is 4.79 Å². The van der Waals surface area contributed by atoms with Gasteiger partial charge in [0.1, 0.15) is 10.7 Å². The Morgan fingerprint density at radius 1 is 1.21 bits per heavy atom. The molecule has 1 aliphatic rings. The minimum absolute atomic E-state index is 0.0853. The van der Waals surface area contributed by atoms with Crippen molar-refractivity contribution in [3.8, 4) is 0 Å². The first-order valence-electron chi connectivity index (χ1n) is 8.98. The third kappa shape index (κ3) is 5.72. The number of hydrogen-bond donors (Lipinski definition) is 1. The first-order chi connectivity index (χ1) is 13.3. The van der Waals surface area contributed by atoms with Crippen LogP contribution in [0.15, 0.2) is 23.1 Å². The molecule has 12 heteroatoms. The fourth-order valence-electron chi connectivity index (χ4n) is 2.92. The highest BCUT2D eigenvalue weighted by Gasteiger charge is 2.31. The maximum absolute atomic E-state index is 13.9. The van der Waals surface area contributed by atoms with Crippen molar-refractivity contribution in [1.82, 2.24) is 13.9 Å². The summed E-state index contributed by atoms with van der Waals surface area (Å²) in [5.74, 6) is -1.99. The number of carbonyl (C=O) groups excluding carboxylic acids is 1. The molecule has 2 rings (SSSR count). The van der Waals surface area contributed by atoms with E-state index in [0.29, 0.717) is 0 Å². The average molecular weight is 452 g/mol. The van der Waals surface area contributed by atoms with Crippen LogP contribution in [0.2, 0.25) is 0 Å². The lowest BCUT2D eigenvalue weighted by atomic mass is 10.2. The van der Waals surface area contributed by atoms with Crippen molar-refractivity contribution in [1.29, 1.82) is 0 Å². The lowest BCUT2D eigenvalue weighted by Gasteiger charge is -2.34. The SMILES string of the molecule is CC1CN(S(=O)(=O)CCNC(=O)c2ccc(F)c(S(=O)(=O)N(C)C)c2)CC(C)O1. The quantitative estimate of drug-likeness (QED) is 0.636. The fourth-order valence-corrected chi connectivity index (χ4v) is 5.40. The van der Waals surface area contributed by atoms with Crippen molar-refractivity contribution in [3.05, 3.63) is 29.6 Å². The minimum atomic E-state index is -4.07. The van der Waals surface area contributed by atoms with Gasteiger partial charge in [-0.2, -0.15) is 4.31 Å². The first-order valence-corrected chi connectivity index (χ1v) is 12.0. The van der Waals surface area contributed by atoms with Gasteiger partial charge < -0.3 is 10.1 Å². The Bertz CT molecular complexity index is 955. The molecular formula is C17H26FN3O6S2. The number of amides is 1. The number of carbonyl (C=O) groups is 1. The Morgan fingerprint density at radius 2 is 1.79 bits per heavy atom. The van der Waals surface area contributed by atoms with Crippen molar-refractivity contribution < 1.29 is 30.8 Å². The molecule has 2 unspecified atom stereocenters. The number of rotatable bonds is 7. The summed E-state index contributed by atoms with van der Waals surface area (Å²) in [6, 6.07) is 2.96. The van der Waals surface area contributed by atoms with E-state index in [1.165, 1.54) is 18.4 Å². The molecule has 164 valence electrons. The summed E-state index contributed by atoms with van der Waals surface area (Å²) < 4.78 is 70.9. The molecule has 1 aliphatic heterocycles. The van der Waals surface area contributed by atoms with Gasteiger partial charge in [-0.1, -0.05) is 0 Å². The van der Waals surface area contributed by atoms with Crippen LogP contribution >= 0.6 is 0 Å². The van der Waals surface area contributed by atoms with E-state index in [9.17, 15) is 26.0 Å². The average Bonchev–Trinajstić information content (AvgIpc) is 2.60. The molecule has 0 spiro atoms. The van der Waals surface area contributed by atoms with E-state index in [-0.39, 0.29) is 43.2 Å². The van der Waals surface area contributed by atoms with Crippen LogP contribution in [-0.2, 0) is 24.8 Å². The zero-order valence-electron chi connectivity index (χ0n) is 16.8. The van der Waals surface area contributed by atoms with Gasteiger partial charge >= 0.3 is 0 Å². The van der Waals surface area contributed by atoms with Gasteiger partial charge in [0.2, 0.25) is 20.0 Å². The summed E-state index contributed by atoms with van der Waals surface area (Å²) in [5, 5.41) is 2.44. The van der Waals surface area contributed by atoms with Crippen LogP contribution < -0.4 is 5.32 Å². The number of halogens is 1. The molecule has 1 amide bonds. The lowest BCUT2D eigenvalue weighted by molar-refractivity contribution is -0.0440. The van der Waals surface area contributed by atoms with Crippen LogP contribution in [0.25, 0.3) is 0 Å². The van der Waals surface area contributed by atoms with Gasteiger partial charge in [0.25, 0.3) is 5.91 Å². The van der Waals surface area contributed by atoms with E-state index in [4.69, 9.17) is 4.74 Å². The number of benzene rings is 1. The van der Waals surface area contributed by atoms with E-state index in [0.717, 1.165) is 22.5 Å². The molecule has 2 atom stereocenters. The second-order valence-electron chi connectivity index (χ2n) is 7.08. The minimum Gasteiger partial charge on any atom is -0.373 e. The van der Waals surface area contributed by atoms with Gasteiger partial charge in [0, 0.05) is 39.3 Å². The van der Waals surface area contributed by atoms with Crippen LogP contribution in [0.4, 0.5) is 4.39 Å². The van der Waals surface area contributed by atoms with Crippen molar-refractivity contribution >= 4 is 26.0 Å². The summed E-state index contributed by atoms with van der Waals surface area (Å²) in [6.45, 7) is 3.88. The fraction of sp³-hybridized carbons (Fsp3) is 0.588. The smallest absolute Gasteiger partial charge is 0.251 e. The van der Waals surface area contributed by atoms with Crippen LogP contribution in [0.1, 0.15) is 24.2 Å². The summed E-state index contributed by atoms with van der Waals surface area (Å²) in [7, 11) is -5.17. The molecule has 0 bridgehead atoms. The summed E-state index contributed by atoms with van der Waals surface area (Å²) in [6.07, 6.45) is -0.446.